The lowest BCUT2D eigenvalue weighted by Crippen LogP contribution is -2.14. The van der Waals surface area contributed by atoms with E-state index in [0.29, 0.717) is 28.5 Å². The van der Waals surface area contributed by atoms with Crippen molar-refractivity contribution in [1.29, 1.82) is 0 Å². The van der Waals surface area contributed by atoms with Crippen molar-refractivity contribution in [3.8, 4) is 0 Å². The number of hydrogen-bond acceptors (Lipinski definition) is 5. The van der Waals surface area contributed by atoms with Gasteiger partial charge in [0.05, 0.1) is 15.1 Å². The number of carbonyl (C=O) groups excluding carboxylic acids is 2. The van der Waals surface area contributed by atoms with Crippen LogP contribution < -0.4 is 0 Å². The fraction of sp³-hybridized carbons (Fsp3) is 0.176. The highest BCUT2D eigenvalue weighted by molar-refractivity contribution is 8.22. The van der Waals surface area contributed by atoms with Crippen molar-refractivity contribution in [3.63, 3.8) is 0 Å². The quantitative estimate of drug-likeness (QED) is 0.434. The molecule has 0 saturated heterocycles. The predicted molar refractivity (Wildman–Crippen MR) is 105 cm³/mol. The Hall–Kier alpha value is -0.720. The Balaban J connectivity index is 1.80. The Morgan fingerprint density at radius 1 is 1.29 bits per heavy atom. The maximum atomic E-state index is 12.3. The summed E-state index contributed by atoms with van der Waals surface area (Å²) in [7, 11) is 0. The molecule has 24 heavy (non-hydrogen) atoms. The summed E-state index contributed by atoms with van der Waals surface area (Å²) in [5.74, 6) is 0.493. The number of ketones is 1. The van der Waals surface area contributed by atoms with Crippen molar-refractivity contribution in [2.24, 2.45) is 0 Å². The highest BCUT2D eigenvalue weighted by atomic mass is 35.5. The Morgan fingerprint density at radius 2 is 2.12 bits per heavy atom. The Labute approximate surface area is 162 Å². The molecule has 1 aliphatic rings. The number of aldehydes is 1. The van der Waals surface area contributed by atoms with Crippen LogP contribution >= 0.6 is 58.1 Å². The summed E-state index contributed by atoms with van der Waals surface area (Å²) < 4.78 is 0.769. The molecule has 0 N–H and O–H groups in total. The molecule has 2 aromatic rings. The maximum Gasteiger partial charge on any atom is 0.169 e. The van der Waals surface area contributed by atoms with Gasteiger partial charge >= 0.3 is 0 Å². The van der Waals surface area contributed by atoms with E-state index in [2.05, 4.69) is 0 Å². The van der Waals surface area contributed by atoms with Gasteiger partial charge in [0.25, 0.3) is 0 Å². The number of rotatable bonds is 5. The molecule has 0 fully saturated rings. The zero-order chi connectivity index (χ0) is 17.1. The van der Waals surface area contributed by atoms with E-state index in [0.717, 1.165) is 14.7 Å². The molecule has 0 aliphatic carbocycles. The van der Waals surface area contributed by atoms with Crippen LogP contribution in [-0.2, 0) is 15.3 Å². The smallest absolute Gasteiger partial charge is 0.169 e. The molecule has 0 radical (unpaired) electrons. The number of hydrogen-bond donors (Lipinski definition) is 0. The van der Waals surface area contributed by atoms with Gasteiger partial charge in [0, 0.05) is 27.1 Å². The van der Waals surface area contributed by atoms with Gasteiger partial charge in [0.15, 0.2) is 12.1 Å². The second-order valence-corrected chi connectivity index (χ2v) is 9.37. The average Bonchev–Trinajstić information content (AvgIpc) is 3.08. The summed E-state index contributed by atoms with van der Waals surface area (Å²) >= 11 is 16.8. The summed E-state index contributed by atoms with van der Waals surface area (Å²) in [6.07, 6.45) is 1.04. The number of allylic oxidation sites excluding steroid dienone is 1. The van der Waals surface area contributed by atoms with Crippen LogP contribution in [0.1, 0.15) is 22.1 Å². The monoisotopic (exact) mass is 414 g/mol. The van der Waals surface area contributed by atoms with Gasteiger partial charge in [0.1, 0.15) is 0 Å². The van der Waals surface area contributed by atoms with Crippen molar-refractivity contribution in [1.82, 2.24) is 0 Å². The molecule has 1 aromatic heterocycles. The summed E-state index contributed by atoms with van der Waals surface area (Å²) in [5, 5.41) is 3.25. The van der Waals surface area contributed by atoms with Gasteiger partial charge in [0.2, 0.25) is 0 Å². The lowest BCUT2D eigenvalue weighted by atomic mass is 10.1. The van der Waals surface area contributed by atoms with E-state index in [1.165, 1.54) is 11.8 Å². The van der Waals surface area contributed by atoms with Crippen molar-refractivity contribution >= 4 is 70.1 Å². The Kier molecular flexibility index (Phi) is 6.11. The Bertz CT molecular complexity index is 800. The maximum absolute atomic E-state index is 12.3. The molecule has 0 saturated carbocycles. The standard InChI is InChI=1S/C17H12Cl2O2S3/c18-11-4-3-10(13(19)6-11)9-23-17-12(8-20)14(21)7-16(24-17)15-2-1-5-22-15/h1-6,8,16H,7,9H2. The fourth-order valence-corrected chi connectivity index (χ4v) is 6.47. The van der Waals surface area contributed by atoms with Crippen LogP contribution in [-0.4, -0.2) is 12.1 Å². The van der Waals surface area contributed by atoms with Crippen LogP contribution in [0, 0.1) is 0 Å². The van der Waals surface area contributed by atoms with E-state index in [1.54, 1.807) is 35.2 Å². The lowest BCUT2D eigenvalue weighted by Gasteiger charge is -2.22. The molecule has 1 unspecified atom stereocenters. The molecule has 0 amide bonds. The van der Waals surface area contributed by atoms with Crippen LogP contribution in [0.3, 0.4) is 0 Å². The first kappa shape index (κ1) is 18.1. The van der Waals surface area contributed by atoms with Crippen LogP contribution in [0.15, 0.2) is 45.5 Å². The second kappa shape index (κ2) is 8.11. The van der Waals surface area contributed by atoms with E-state index in [1.807, 2.05) is 23.6 Å². The van der Waals surface area contributed by atoms with Crippen molar-refractivity contribution in [2.45, 2.75) is 17.4 Å². The largest absolute Gasteiger partial charge is 0.298 e. The van der Waals surface area contributed by atoms with Crippen molar-refractivity contribution in [3.05, 3.63) is 66.0 Å². The molecule has 3 rings (SSSR count). The van der Waals surface area contributed by atoms with Gasteiger partial charge < -0.3 is 0 Å². The minimum Gasteiger partial charge on any atom is -0.298 e. The summed E-state index contributed by atoms with van der Waals surface area (Å²) in [6, 6.07) is 9.35. The highest BCUT2D eigenvalue weighted by Gasteiger charge is 2.30. The molecule has 2 heterocycles. The number of Topliss-reactive ketones (excluding diaryl/α,β-unsaturated/α-hetero) is 1. The SMILES string of the molecule is O=CC1=C(SCc2ccc(Cl)cc2Cl)SC(c2cccs2)CC1=O. The summed E-state index contributed by atoms with van der Waals surface area (Å²) in [6.45, 7) is 0. The van der Waals surface area contributed by atoms with E-state index in [9.17, 15) is 9.59 Å². The molecule has 2 nitrogen and oxygen atoms in total. The van der Waals surface area contributed by atoms with E-state index >= 15 is 0 Å². The average molecular weight is 415 g/mol. The predicted octanol–water partition coefficient (Wildman–Crippen LogP) is 6.15. The van der Waals surface area contributed by atoms with E-state index in [4.69, 9.17) is 23.2 Å². The summed E-state index contributed by atoms with van der Waals surface area (Å²) in [4.78, 5) is 24.8. The third kappa shape index (κ3) is 4.09. The van der Waals surface area contributed by atoms with Crippen LogP contribution in [0.5, 0.6) is 0 Å². The minimum atomic E-state index is -0.0909. The molecular formula is C17H12Cl2O2S3. The number of benzene rings is 1. The van der Waals surface area contributed by atoms with Gasteiger partial charge in [-0.15, -0.1) is 34.9 Å². The van der Waals surface area contributed by atoms with Crippen molar-refractivity contribution < 1.29 is 9.59 Å². The molecule has 1 aliphatic heterocycles. The van der Waals surface area contributed by atoms with Gasteiger partial charge in [-0.05, 0) is 29.1 Å². The van der Waals surface area contributed by atoms with Crippen LogP contribution in [0.25, 0.3) is 0 Å². The Morgan fingerprint density at radius 3 is 2.79 bits per heavy atom. The number of thioether (sulfide) groups is 2. The zero-order valence-corrected chi connectivity index (χ0v) is 16.3. The number of halogens is 2. The van der Waals surface area contributed by atoms with Gasteiger partial charge in [-0.25, -0.2) is 0 Å². The normalized spacial score (nSPS) is 18.1. The molecule has 0 bridgehead atoms. The highest BCUT2D eigenvalue weighted by Crippen LogP contribution is 2.49. The first-order chi connectivity index (χ1) is 11.6. The third-order valence-electron chi connectivity index (χ3n) is 3.49. The minimum absolute atomic E-state index is 0.0735. The fourth-order valence-electron chi connectivity index (χ4n) is 2.27. The van der Waals surface area contributed by atoms with Gasteiger partial charge in [-0.2, -0.15) is 0 Å². The number of carbonyl (C=O) groups is 2. The molecular weight excluding hydrogens is 403 g/mol. The second-order valence-electron chi connectivity index (χ2n) is 5.09. The van der Waals surface area contributed by atoms with Gasteiger partial charge in [-0.3, -0.25) is 9.59 Å². The summed E-state index contributed by atoms with van der Waals surface area (Å²) in [5.41, 5.74) is 1.21. The van der Waals surface area contributed by atoms with Crippen LogP contribution in [0.2, 0.25) is 10.0 Å². The number of thiophene rings is 1. The van der Waals surface area contributed by atoms with Gasteiger partial charge in [-0.1, -0.05) is 35.3 Å². The molecule has 1 aromatic carbocycles. The topological polar surface area (TPSA) is 34.1 Å². The zero-order valence-electron chi connectivity index (χ0n) is 12.3. The molecule has 7 heteroatoms. The van der Waals surface area contributed by atoms with E-state index in [-0.39, 0.29) is 16.6 Å². The van der Waals surface area contributed by atoms with Crippen molar-refractivity contribution in [2.75, 3.05) is 0 Å². The third-order valence-corrected chi connectivity index (χ3v) is 7.93. The first-order valence-corrected chi connectivity index (χ1v) is 10.6. The lowest BCUT2D eigenvalue weighted by molar-refractivity contribution is -0.117. The van der Waals surface area contributed by atoms with Crippen LogP contribution in [0.4, 0.5) is 0 Å². The molecule has 1 atom stereocenters. The van der Waals surface area contributed by atoms with E-state index < -0.39 is 0 Å². The molecule has 0 spiro atoms. The first-order valence-electron chi connectivity index (χ1n) is 7.08. The molecule has 124 valence electrons.